The van der Waals surface area contributed by atoms with Crippen LogP contribution in [0.2, 0.25) is 0 Å². The molecule has 0 aromatic heterocycles. The minimum absolute atomic E-state index is 0.00711. The minimum Gasteiger partial charge on any atom is -0.480 e. The maximum atomic E-state index is 11.2. The Morgan fingerprint density at radius 3 is 2.25 bits per heavy atom. The first kappa shape index (κ1) is 14.4. The molecule has 16 heavy (non-hydrogen) atoms. The number of rotatable bonds is 7. The molecule has 0 aliphatic rings. The fraction of sp³-hybridized carbons (Fsp3) is 0.700. The van der Waals surface area contributed by atoms with E-state index in [1.165, 1.54) is 6.92 Å². The van der Waals surface area contributed by atoms with Crippen LogP contribution in [0.25, 0.3) is 0 Å². The lowest BCUT2D eigenvalue weighted by atomic mass is 10.2. The Morgan fingerprint density at radius 2 is 1.75 bits per heavy atom. The van der Waals surface area contributed by atoms with Crippen LogP contribution in [-0.2, 0) is 14.4 Å². The molecule has 2 amide bonds. The van der Waals surface area contributed by atoms with E-state index in [1.54, 1.807) is 0 Å². The van der Waals surface area contributed by atoms with Crippen LogP contribution < -0.4 is 10.6 Å². The molecule has 0 radical (unpaired) electrons. The molecule has 0 saturated heterocycles. The highest BCUT2D eigenvalue weighted by Gasteiger charge is 2.14. The van der Waals surface area contributed by atoms with Gasteiger partial charge in [-0.2, -0.15) is 0 Å². The van der Waals surface area contributed by atoms with Crippen LogP contribution in [0.1, 0.15) is 33.1 Å². The average molecular weight is 230 g/mol. The van der Waals surface area contributed by atoms with Gasteiger partial charge in [-0.25, -0.2) is 0 Å². The number of aliphatic carboxylic acids is 1. The lowest BCUT2D eigenvalue weighted by Crippen LogP contribution is -2.38. The fourth-order valence-electron chi connectivity index (χ4n) is 0.955. The minimum atomic E-state index is -1.09. The van der Waals surface area contributed by atoms with Gasteiger partial charge in [0, 0.05) is 19.4 Å². The summed E-state index contributed by atoms with van der Waals surface area (Å²) in [6.45, 7) is 3.89. The van der Waals surface area contributed by atoms with Crippen LogP contribution in [0, 0.1) is 0 Å². The van der Waals surface area contributed by atoms with Crippen molar-refractivity contribution in [1.29, 1.82) is 0 Å². The molecule has 0 rings (SSSR count). The van der Waals surface area contributed by atoms with Crippen LogP contribution in [-0.4, -0.2) is 35.5 Å². The lowest BCUT2D eigenvalue weighted by molar-refractivity contribution is -0.141. The van der Waals surface area contributed by atoms with Gasteiger partial charge in [-0.15, -0.1) is 0 Å². The van der Waals surface area contributed by atoms with E-state index in [-0.39, 0.29) is 18.7 Å². The van der Waals surface area contributed by atoms with Crippen molar-refractivity contribution in [3.8, 4) is 0 Å². The van der Waals surface area contributed by atoms with Gasteiger partial charge < -0.3 is 15.7 Å². The monoisotopic (exact) mass is 230 g/mol. The summed E-state index contributed by atoms with van der Waals surface area (Å²) >= 11 is 0. The van der Waals surface area contributed by atoms with Crippen molar-refractivity contribution in [3.05, 3.63) is 0 Å². The second kappa shape index (κ2) is 7.67. The summed E-state index contributed by atoms with van der Waals surface area (Å²) in [4.78, 5) is 32.7. The first-order chi connectivity index (χ1) is 7.47. The Hall–Kier alpha value is -1.59. The molecular formula is C10H18N2O4. The van der Waals surface area contributed by atoms with Gasteiger partial charge in [0.1, 0.15) is 6.04 Å². The molecule has 0 bridgehead atoms. The third-order valence-electron chi connectivity index (χ3n) is 1.90. The second-order valence-corrected chi connectivity index (χ2v) is 3.48. The lowest BCUT2D eigenvalue weighted by Gasteiger charge is -2.08. The predicted octanol–water partition coefficient (Wildman–Crippen LogP) is -0.118. The third kappa shape index (κ3) is 6.80. The van der Waals surface area contributed by atoms with E-state index in [2.05, 4.69) is 10.6 Å². The van der Waals surface area contributed by atoms with E-state index in [4.69, 9.17) is 5.11 Å². The Morgan fingerprint density at radius 1 is 1.19 bits per heavy atom. The van der Waals surface area contributed by atoms with Gasteiger partial charge in [-0.05, 0) is 13.3 Å². The summed E-state index contributed by atoms with van der Waals surface area (Å²) in [5.41, 5.74) is 0. The molecule has 0 fully saturated rings. The van der Waals surface area contributed by atoms with E-state index < -0.39 is 17.9 Å². The number of carbonyl (C=O) groups excluding carboxylic acids is 2. The van der Waals surface area contributed by atoms with Crippen molar-refractivity contribution in [2.75, 3.05) is 6.54 Å². The van der Waals surface area contributed by atoms with Crippen LogP contribution in [0.5, 0.6) is 0 Å². The van der Waals surface area contributed by atoms with Gasteiger partial charge in [0.15, 0.2) is 0 Å². The molecule has 6 nitrogen and oxygen atoms in total. The summed E-state index contributed by atoms with van der Waals surface area (Å²) in [6, 6.07) is -0.925. The van der Waals surface area contributed by atoms with Gasteiger partial charge in [-0.3, -0.25) is 14.4 Å². The quantitative estimate of drug-likeness (QED) is 0.568. The zero-order valence-corrected chi connectivity index (χ0v) is 9.58. The number of amides is 2. The zero-order chi connectivity index (χ0) is 12.6. The van der Waals surface area contributed by atoms with Gasteiger partial charge >= 0.3 is 5.97 Å². The maximum Gasteiger partial charge on any atom is 0.325 e. The largest absolute Gasteiger partial charge is 0.480 e. The van der Waals surface area contributed by atoms with Gasteiger partial charge in [-0.1, -0.05) is 6.92 Å². The summed E-state index contributed by atoms with van der Waals surface area (Å²) in [5, 5.41) is 13.4. The zero-order valence-electron chi connectivity index (χ0n) is 9.58. The first-order valence-corrected chi connectivity index (χ1v) is 5.26. The number of carboxylic acids is 1. The molecular weight excluding hydrogens is 212 g/mol. The van der Waals surface area contributed by atoms with Crippen molar-refractivity contribution in [3.63, 3.8) is 0 Å². The predicted molar refractivity (Wildman–Crippen MR) is 57.8 cm³/mol. The number of hydrogen-bond acceptors (Lipinski definition) is 3. The van der Waals surface area contributed by atoms with Crippen molar-refractivity contribution < 1.29 is 19.5 Å². The molecule has 6 heteroatoms. The van der Waals surface area contributed by atoms with E-state index in [0.717, 1.165) is 6.42 Å². The number of carbonyl (C=O) groups is 3. The molecule has 0 aromatic rings. The molecule has 3 N–H and O–H groups in total. The van der Waals surface area contributed by atoms with E-state index >= 15 is 0 Å². The van der Waals surface area contributed by atoms with Crippen LogP contribution >= 0.6 is 0 Å². The number of hydrogen-bond donors (Lipinski definition) is 3. The summed E-state index contributed by atoms with van der Waals surface area (Å²) in [5.74, 6) is -1.72. The highest BCUT2D eigenvalue weighted by atomic mass is 16.4. The topological polar surface area (TPSA) is 95.5 Å². The van der Waals surface area contributed by atoms with Crippen molar-refractivity contribution in [2.45, 2.75) is 39.2 Å². The van der Waals surface area contributed by atoms with E-state index in [0.29, 0.717) is 6.54 Å². The molecule has 0 saturated carbocycles. The summed E-state index contributed by atoms with van der Waals surface area (Å²) < 4.78 is 0. The molecule has 1 unspecified atom stereocenters. The average Bonchev–Trinajstić information content (AvgIpc) is 2.23. The van der Waals surface area contributed by atoms with Crippen molar-refractivity contribution in [1.82, 2.24) is 10.6 Å². The molecule has 0 spiro atoms. The molecule has 0 aromatic carbocycles. The van der Waals surface area contributed by atoms with Gasteiger partial charge in [0.25, 0.3) is 0 Å². The second-order valence-electron chi connectivity index (χ2n) is 3.48. The first-order valence-electron chi connectivity index (χ1n) is 5.26. The molecule has 1 atom stereocenters. The van der Waals surface area contributed by atoms with Crippen molar-refractivity contribution >= 4 is 17.8 Å². The van der Waals surface area contributed by atoms with Crippen LogP contribution in [0.15, 0.2) is 0 Å². The Kier molecular flexibility index (Phi) is 6.91. The fourth-order valence-corrected chi connectivity index (χ4v) is 0.955. The Bertz CT molecular complexity index is 266. The van der Waals surface area contributed by atoms with E-state index in [1.807, 2.05) is 6.92 Å². The Labute approximate surface area is 94.4 Å². The smallest absolute Gasteiger partial charge is 0.325 e. The maximum absolute atomic E-state index is 11.2. The van der Waals surface area contributed by atoms with Crippen molar-refractivity contribution in [2.24, 2.45) is 0 Å². The number of carboxylic acid groups (broad SMARTS) is 1. The highest BCUT2D eigenvalue weighted by Crippen LogP contribution is 1.91. The molecule has 0 aliphatic carbocycles. The van der Waals surface area contributed by atoms with Crippen LogP contribution in [0.4, 0.5) is 0 Å². The molecule has 0 aliphatic heterocycles. The SMILES string of the molecule is CCCNC(=O)CCC(=O)NC(C)C(=O)O. The third-order valence-corrected chi connectivity index (χ3v) is 1.90. The van der Waals surface area contributed by atoms with Crippen LogP contribution in [0.3, 0.4) is 0 Å². The van der Waals surface area contributed by atoms with Gasteiger partial charge in [0.05, 0.1) is 0 Å². The standard InChI is InChI=1S/C10H18N2O4/c1-3-6-11-8(13)4-5-9(14)12-7(2)10(15)16/h7H,3-6H2,1-2H3,(H,11,13)(H,12,14)(H,15,16). The molecule has 0 heterocycles. The number of nitrogens with one attached hydrogen (secondary N) is 2. The highest BCUT2D eigenvalue weighted by molar-refractivity contribution is 5.86. The normalized spacial score (nSPS) is 11.6. The Balaban J connectivity index is 3.73. The summed E-state index contributed by atoms with van der Waals surface area (Å²) in [6.07, 6.45) is 0.930. The summed E-state index contributed by atoms with van der Waals surface area (Å²) in [7, 11) is 0. The van der Waals surface area contributed by atoms with E-state index in [9.17, 15) is 14.4 Å². The molecule has 92 valence electrons. The van der Waals surface area contributed by atoms with Gasteiger partial charge in [0.2, 0.25) is 11.8 Å².